The van der Waals surface area contributed by atoms with Crippen molar-refractivity contribution in [1.29, 1.82) is 0 Å². The first-order valence-electron chi connectivity index (χ1n) is 6.03. The summed E-state index contributed by atoms with van der Waals surface area (Å²) >= 11 is 1.24. The van der Waals surface area contributed by atoms with Crippen molar-refractivity contribution in [3.63, 3.8) is 0 Å². The largest absolute Gasteiger partial charge is 0.495 e. The molecule has 0 bridgehead atoms. The van der Waals surface area contributed by atoms with Gasteiger partial charge in [-0.2, -0.15) is 0 Å². The summed E-state index contributed by atoms with van der Waals surface area (Å²) in [6.07, 6.45) is 4.26. The van der Waals surface area contributed by atoms with Gasteiger partial charge >= 0.3 is 0 Å². The van der Waals surface area contributed by atoms with E-state index in [1.807, 2.05) is 0 Å². The molecule has 1 aromatic heterocycles. The maximum Gasteiger partial charge on any atom is 0.263 e. The van der Waals surface area contributed by atoms with Crippen molar-refractivity contribution in [1.82, 2.24) is 10.3 Å². The van der Waals surface area contributed by atoms with E-state index in [0.29, 0.717) is 34.5 Å². The van der Waals surface area contributed by atoms with Gasteiger partial charge in [0.15, 0.2) is 0 Å². The van der Waals surface area contributed by atoms with Gasteiger partial charge in [-0.3, -0.25) is 19.3 Å². The fraction of sp³-hybridized carbons (Fsp3) is 0.417. The molecule has 0 radical (unpaired) electrons. The molecule has 0 aliphatic rings. The highest BCUT2D eigenvalue weighted by Crippen LogP contribution is 2.16. The summed E-state index contributed by atoms with van der Waals surface area (Å²) in [6.45, 7) is 0.391. The van der Waals surface area contributed by atoms with Crippen LogP contribution < -0.4 is 10.1 Å². The summed E-state index contributed by atoms with van der Waals surface area (Å²) in [4.78, 5) is 14.0. The van der Waals surface area contributed by atoms with Crippen LogP contribution in [0.2, 0.25) is 0 Å². The highest BCUT2D eigenvalue weighted by molar-refractivity contribution is 8.02. The van der Waals surface area contributed by atoms with Crippen molar-refractivity contribution >= 4 is 22.6 Å². The molecule has 0 amide bonds. The Kier molecular flexibility index (Phi) is 7.76. The molecule has 0 aliphatic heterocycles. The molecule has 0 aromatic carbocycles. The van der Waals surface area contributed by atoms with Crippen molar-refractivity contribution in [2.75, 3.05) is 25.7 Å². The van der Waals surface area contributed by atoms with Crippen LogP contribution in [-0.4, -0.2) is 39.8 Å². The average Bonchev–Trinajstić information content (AvgIpc) is 2.46. The summed E-state index contributed by atoms with van der Waals surface area (Å²) in [5.74, 6) is 1.27. The Bertz CT molecular complexity index is 537. The molecule has 21 heavy (non-hydrogen) atoms. The Morgan fingerprint density at radius 2 is 2.43 bits per heavy atom. The molecule has 0 saturated heterocycles. The molecule has 0 saturated carbocycles. The summed E-state index contributed by atoms with van der Waals surface area (Å²) in [5, 5.41) is 13.7. The predicted octanol–water partition coefficient (Wildman–Crippen LogP) is 1.37. The summed E-state index contributed by atoms with van der Waals surface area (Å²) < 4.78 is 17.1. The number of hydrogen-bond donors (Lipinski definition) is 1. The summed E-state index contributed by atoms with van der Waals surface area (Å²) in [7, 11) is 0.415. The number of aromatic nitrogens is 1. The lowest BCUT2D eigenvalue weighted by Crippen LogP contribution is -2.20. The van der Waals surface area contributed by atoms with E-state index in [9.17, 15) is 14.3 Å². The number of nitro groups is 1. The van der Waals surface area contributed by atoms with Gasteiger partial charge in [-0.05, 0) is 18.4 Å². The molecule has 1 heterocycles. The topological polar surface area (TPSA) is 94.4 Å². The first-order valence-corrected chi connectivity index (χ1v) is 8.74. The molecule has 9 heteroatoms. The normalized spacial score (nSPS) is 12.8. The molecule has 1 aromatic rings. The smallest absolute Gasteiger partial charge is 0.263 e. The average molecular weight is 331 g/mol. The van der Waals surface area contributed by atoms with Crippen LogP contribution >= 0.6 is 11.8 Å². The Morgan fingerprint density at radius 1 is 1.67 bits per heavy atom. The summed E-state index contributed by atoms with van der Waals surface area (Å²) in [5.41, 5.74) is 0.643. The minimum atomic E-state index is -1.13. The third-order valence-electron chi connectivity index (χ3n) is 2.44. The van der Waals surface area contributed by atoms with E-state index in [4.69, 9.17) is 4.74 Å². The molecular weight excluding hydrogens is 314 g/mol. The zero-order valence-corrected chi connectivity index (χ0v) is 13.4. The lowest BCUT2D eigenvalue weighted by atomic mass is 10.3. The molecule has 0 aliphatic carbocycles. The van der Waals surface area contributed by atoms with Crippen LogP contribution in [0.1, 0.15) is 5.69 Å². The van der Waals surface area contributed by atoms with Gasteiger partial charge in [0.05, 0.1) is 23.5 Å². The second kappa shape index (κ2) is 9.35. The van der Waals surface area contributed by atoms with Crippen molar-refractivity contribution in [3.05, 3.63) is 45.4 Å². The Hall–Kier alpha value is -1.61. The van der Waals surface area contributed by atoms with Crippen LogP contribution in [0.4, 0.5) is 0 Å². The van der Waals surface area contributed by atoms with Gasteiger partial charge in [0.1, 0.15) is 10.8 Å². The Balaban J connectivity index is 2.46. The number of thioether (sulfide) groups is 1. The third kappa shape index (κ3) is 6.58. The van der Waals surface area contributed by atoms with E-state index in [-0.39, 0.29) is 0 Å². The van der Waals surface area contributed by atoms with E-state index in [1.54, 1.807) is 24.6 Å². The van der Waals surface area contributed by atoms with Gasteiger partial charge in [0, 0.05) is 29.3 Å². The molecule has 116 valence electrons. The third-order valence-corrected chi connectivity index (χ3v) is 4.38. The fourth-order valence-electron chi connectivity index (χ4n) is 1.50. The van der Waals surface area contributed by atoms with E-state index in [0.717, 1.165) is 6.20 Å². The van der Waals surface area contributed by atoms with Crippen LogP contribution in [0, 0.1) is 10.1 Å². The molecular formula is C12H17N3O4S2. The van der Waals surface area contributed by atoms with Gasteiger partial charge in [-0.1, -0.05) is 0 Å². The van der Waals surface area contributed by atoms with Crippen LogP contribution in [0.3, 0.4) is 0 Å². The monoisotopic (exact) mass is 331 g/mol. The van der Waals surface area contributed by atoms with Crippen LogP contribution in [0.25, 0.3) is 0 Å². The number of nitrogens with one attached hydrogen (secondary N) is 1. The predicted molar refractivity (Wildman–Crippen MR) is 84.1 cm³/mol. The van der Waals surface area contributed by atoms with Crippen molar-refractivity contribution in [2.45, 2.75) is 5.75 Å². The highest BCUT2D eigenvalue weighted by atomic mass is 32.2. The molecule has 0 spiro atoms. The van der Waals surface area contributed by atoms with Gasteiger partial charge in [-0.15, -0.1) is 11.8 Å². The number of ether oxygens (including phenoxy) is 1. The van der Waals surface area contributed by atoms with Crippen molar-refractivity contribution in [2.24, 2.45) is 0 Å². The minimum absolute atomic E-state index is 0.291. The molecule has 1 atom stereocenters. The maximum atomic E-state index is 12.0. The summed E-state index contributed by atoms with van der Waals surface area (Å²) in [6, 6.07) is 3.52. The van der Waals surface area contributed by atoms with Gasteiger partial charge in [0.25, 0.3) is 6.20 Å². The lowest BCUT2D eigenvalue weighted by Gasteiger charge is -2.08. The first-order chi connectivity index (χ1) is 10.1. The van der Waals surface area contributed by atoms with Crippen LogP contribution in [0.5, 0.6) is 5.75 Å². The SMILES string of the molecule is COc1cccnc1CS(=O)CCNC(=C[N+](=O)[O-])SC. The Morgan fingerprint density at radius 3 is 3.05 bits per heavy atom. The van der Waals surface area contributed by atoms with Crippen molar-refractivity contribution < 1.29 is 13.9 Å². The molecule has 1 rings (SSSR count). The van der Waals surface area contributed by atoms with E-state index < -0.39 is 15.7 Å². The van der Waals surface area contributed by atoms with E-state index in [1.165, 1.54) is 18.9 Å². The quantitative estimate of drug-likeness (QED) is 0.539. The minimum Gasteiger partial charge on any atom is -0.495 e. The standard InChI is InChI=1S/C12H17N3O4S2/c1-19-11-4-3-5-13-10(11)9-21(18)7-6-14-12(20-2)8-15(16)17/h3-5,8,14H,6-7,9H2,1-2H3. The van der Waals surface area contributed by atoms with E-state index in [2.05, 4.69) is 10.3 Å². The highest BCUT2D eigenvalue weighted by Gasteiger charge is 2.09. The van der Waals surface area contributed by atoms with Crippen LogP contribution in [0.15, 0.2) is 29.6 Å². The number of nitrogens with zero attached hydrogens (tertiary/aromatic N) is 2. The first kappa shape index (κ1) is 17.4. The van der Waals surface area contributed by atoms with Gasteiger partial charge in [-0.25, -0.2) is 0 Å². The zero-order valence-electron chi connectivity index (χ0n) is 11.8. The molecule has 1 N–H and O–H groups in total. The second-order valence-electron chi connectivity index (χ2n) is 3.85. The molecule has 0 fully saturated rings. The lowest BCUT2D eigenvalue weighted by molar-refractivity contribution is -0.403. The zero-order chi connectivity index (χ0) is 15.7. The number of hydrogen-bond acceptors (Lipinski definition) is 7. The number of methoxy groups -OCH3 is 1. The van der Waals surface area contributed by atoms with Gasteiger partial charge in [0.2, 0.25) is 0 Å². The van der Waals surface area contributed by atoms with Gasteiger partial charge < -0.3 is 10.1 Å². The molecule has 7 nitrogen and oxygen atoms in total. The Labute approximate surface area is 129 Å². The second-order valence-corrected chi connectivity index (χ2v) is 6.27. The van der Waals surface area contributed by atoms with E-state index >= 15 is 0 Å². The number of rotatable bonds is 9. The number of pyridine rings is 1. The fourth-order valence-corrected chi connectivity index (χ4v) is 2.93. The maximum absolute atomic E-state index is 12.0. The van der Waals surface area contributed by atoms with Crippen molar-refractivity contribution in [3.8, 4) is 5.75 Å². The molecule has 1 unspecified atom stereocenters. The van der Waals surface area contributed by atoms with Crippen LogP contribution in [-0.2, 0) is 16.6 Å².